The van der Waals surface area contributed by atoms with Crippen molar-refractivity contribution >= 4 is 11.6 Å². The third-order valence-corrected chi connectivity index (χ3v) is 3.00. The van der Waals surface area contributed by atoms with Crippen LogP contribution >= 0.6 is 0 Å². The highest BCUT2D eigenvalue weighted by atomic mass is 19.1. The molecule has 1 aromatic rings. The van der Waals surface area contributed by atoms with Gasteiger partial charge in [-0.25, -0.2) is 4.39 Å². The molecule has 1 fully saturated rings. The van der Waals surface area contributed by atoms with E-state index in [1.165, 1.54) is 29.2 Å². The summed E-state index contributed by atoms with van der Waals surface area (Å²) >= 11 is 0. The Bertz CT molecular complexity index is 407. The minimum Gasteiger partial charge on any atom is -0.391 e. The summed E-state index contributed by atoms with van der Waals surface area (Å²) in [7, 11) is 1.61. The first-order valence-corrected chi connectivity index (χ1v) is 5.54. The first-order chi connectivity index (χ1) is 8.09. The van der Waals surface area contributed by atoms with E-state index in [2.05, 4.69) is 5.32 Å². The quantitative estimate of drug-likeness (QED) is 0.789. The fraction of sp³-hybridized carbons (Fsp3) is 0.417. The first-order valence-electron chi connectivity index (χ1n) is 5.54. The molecule has 1 aromatic carbocycles. The zero-order valence-electron chi connectivity index (χ0n) is 9.56. The Labute approximate surface area is 99.0 Å². The van der Waals surface area contributed by atoms with Gasteiger partial charge >= 0.3 is 0 Å². The van der Waals surface area contributed by atoms with Gasteiger partial charge in [0, 0.05) is 12.7 Å². The van der Waals surface area contributed by atoms with Crippen molar-refractivity contribution in [2.45, 2.75) is 18.6 Å². The lowest BCUT2D eigenvalue weighted by atomic mass is 10.1. The fourth-order valence-electron chi connectivity index (χ4n) is 1.94. The number of benzene rings is 1. The number of hydrogen-bond donors (Lipinski definition) is 2. The molecule has 0 radical (unpaired) electrons. The highest BCUT2D eigenvalue weighted by molar-refractivity contribution is 5.97. The van der Waals surface area contributed by atoms with Crippen LogP contribution in [0.1, 0.15) is 6.42 Å². The van der Waals surface area contributed by atoms with Crippen LogP contribution in [0.5, 0.6) is 0 Å². The van der Waals surface area contributed by atoms with Crippen molar-refractivity contribution in [3.63, 3.8) is 0 Å². The Kier molecular flexibility index (Phi) is 3.40. The molecule has 0 spiro atoms. The van der Waals surface area contributed by atoms with Crippen LogP contribution in [0.25, 0.3) is 0 Å². The van der Waals surface area contributed by atoms with Gasteiger partial charge in [-0.05, 0) is 37.2 Å². The molecule has 1 heterocycles. The van der Waals surface area contributed by atoms with Crippen molar-refractivity contribution in [1.29, 1.82) is 0 Å². The molecule has 1 saturated heterocycles. The number of nitrogens with one attached hydrogen (secondary N) is 1. The number of anilines is 1. The summed E-state index contributed by atoms with van der Waals surface area (Å²) in [5.41, 5.74) is 0.609. The van der Waals surface area contributed by atoms with E-state index in [1.54, 1.807) is 7.05 Å². The molecule has 2 atom stereocenters. The second-order valence-corrected chi connectivity index (χ2v) is 4.16. The van der Waals surface area contributed by atoms with Crippen LogP contribution in [0.15, 0.2) is 24.3 Å². The molecule has 1 aliphatic heterocycles. The molecule has 92 valence electrons. The molecule has 1 amide bonds. The largest absolute Gasteiger partial charge is 0.391 e. The molecular formula is C12H15FN2O2. The Morgan fingerprint density at radius 3 is 2.65 bits per heavy atom. The number of aliphatic hydroxyl groups excluding tert-OH is 1. The Hall–Kier alpha value is -1.46. The lowest BCUT2D eigenvalue weighted by Crippen LogP contribution is -2.46. The predicted molar refractivity (Wildman–Crippen MR) is 62.2 cm³/mol. The number of amides is 1. The van der Waals surface area contributed by atoms with Crippen molar-refractivity contribution in [2.24, 2.45) is 0 Å². The van der Waals surface area contributed by atoms with E-state index in [9.17, 15) is 14.3 Å². The van der Waals surface area contributed by atoms with Gasteiger partial charge in [-0.2, -0.15) is 0 Å². The van der Waals surface area contributed by atoms with Crippen LogP contribution in [-0.4, -0.2) is 36.8 Å². The molecule has 4 nitrogen and oxygen atoms in total. The zero-order valence-corrected chi connectivity index (χ0v) is 9.56. The monoisotopic (exact) mass is 238 g/mol. The Morgan fingerprint density at radius 2 is 2.12 bits per heavy atom. The van der Waals surface area contributed by atoms with E-state index in [0.29, 0.717) is 18.7 Å². The average Bonchev–Trinajstić information content (AvgIpc) is 2.74. The fourth-order valence-corrected chi connectivity index (χ4v) is 1.94. The molecule has 2 rings (SSSR count). The van der Waals surface area contributed by atoms with Crippen LogP contribution in [0.2, 0.25) is 0 Å². The van der Waals surface area contributed by atoms with Gasteiger partial charge in [0.25, 0.3) is 0 Å². The van der Waals surface area contributed by atoms with Crippen LogP contribution < -0.4 is 10.2 Å². The SMILES string of the molecule is CN(C(=O)C1NCCC1O)c1ccc(F)cc1. The number of rotatable bonds is 2. The normalized spacial score (nSPS) is 23.7. The molecule has 2 N–H and O–H groups in total. The molecule has 17 heavy (non-hydrogen) atoms. The van der Waals surface area contributed by atoms with E-state index in [1.807, 2.05) is 0 Å². The van der Waals surface area contributed by atoms with Gasteiger partial charge in [-0.1, -0.05) is 0 Å². The van der Waals surface area contributed by atoms with Gasteiger partial charge in [0.15, 0.2) is 0 Å². The number of aliphatic hydroxyl groups is 1. The van der Waals surface area contributed by atoms with Crippen LogP contribution in [0.4, 0.5) is 10.1 Å². The number of likely N-dealkylation sites (N-methyl/N-ethyl adjacent to an activating group) is 1. The maximum atomic E-state index is 12.8. The second-order valence-electron chi connectivity index (χ2n) is 4.16. The van der Waals surface area contributed by atoms with E-state index in [0.717, 1.165) is 0 Å². The van der Waals surface area contributed by atoms with Crippen molar-refractivity contribution < 1.29 is 14.3 Å². The average molecular weight is 238 g/mol. The van der Waals surface area contributed by atoms with E-state index >= 15 is 0 Å². The summed E-state index contributed by atoms with van der Waals surface area (Å²) < 4.78 is 12.8. The van der Waals surface area contributed by atoms with Gasteiger partial charge in [0.2, 0.25) is 5.91 Å². The van der Waals surface area contributed by atoms with Gasteiger partial charge in [-0.15, -0.1) is 0 Å². The minimum atomic E-state index is -0.648. The molecule has 2 unspecified atom stereocenters. The maximum Gasteiger partial charge on any atom is 0.246 e. The van der Waals surface area contributed by atoms with Crippen LogP contribution in [0.3, 0.4) is 0 Å². The van der Waals surface area contributed by atoms with Gasteiger partial charge in [0.05, 0.1) is 6.10 Å². The number of carbonyl (C=O) groups excluding carboxylic acids is 1. The Balaban J connectivity index is 2.11. The summed E-state index contributed by atoms with van der Waals surface area (Å²) in [6.07, 6.45) is -0.0707. The minimum absolute atomic E-state index is 0.207. The third-order valence-electron chi connectivity index (χ3n) is 3.00. The highest BCUT2D eigenvalue weighted by Gasteiger charge is 2.33. The maximum absolute atomic E-state index is 12.8. The standard InChI is InChI=1S/C12H15FN2O2/c1-15(9-4-2-8(13)3-5-9)12(17)11-10(16)6-7-14-11/h2-5,10-11,14,16H,6-7H2,1H3. The molecule has 1 aliphatic rings. The number of hydrogen-bond acceptors (Lipinski definition) is 3. The summed E-state index contributed by atoms with van der Waals surface area (Å²) in [5.74, 6) is -0.546. The Morgan fingerprint density at radius 1 is 1.47 bits per heavy atom. The van der Waals surface area contributed by atoms with Crippen LogP contribution in [0, 0.1) is 5.82 Å². The van der Waals surface area contributed by atoms with E-state index in [-0.39, 0.29) is 11.7 Å². The molecule has 0 saturated carbocycles. The molecule has 0 bridgehead atoms. The summed E-state index contributed by atoms with van der Waals surface area (Å²) in [4.78, 5) is 13.5. The van der Waals surface area contributed by atoms with Crippen molar-refractivity contribution in [3.8, 4) is 0 Å². The van der Waals surface area contributed by atoms with Crippen molar-refractivity contribution in [3.05, 3.63) is 30.1 Å². The van der Waals surface area contributed by atoms with Gasteiger partial charge < -0.3 is 15.3 Å². The van der Waals surface area contributed by atoms with E-state index < -0.39 is 12.1 Å². The second kappa shape index (κ2) is 4.81. The summed E-state index contributed by atoms with van der Waals surface area (Å²) in [6.45, 7) is 0.634. The summed E-state index contributed by atoms with van der Waals surface area (Å²) in [6, 6.07) is 5.11. The highest BCUT2D eigenvalue weighted by Crippen LogP contribution is 2.17. The lowest BCUT2D eigenvalue weighted by Gasteiger charge is -2.23. The smallest absolute Gasteiger partial charge is 0.246 e. The van der Waals surface area contributed by atoms with E-state index in [4.69, 9.17) is 0 Å². The molecule has 0 aliphatic carbocycles. The predicted octanol–water partition coefficient (Wildman–Crippen LogP) is 0.511. The number of nitrogens with zero attached hydrogens (tertiary/aromatic N) is 1. The first kappa shape index (κ1) is 12.0. The molecule has 0 aromatic heterocycles. The van der Waals surface area contributed by atoms with Gasteiger partial charge in [-0.3, -0.25) is 4.79 Å². The van der Waals surface area contributed by atoms with Crippen molar-refractivity contribution in [1.82, 2.24) is 5.32 Å². The van der Waals surface area contributed by atoms with Crippen molar-refractivity contribution in [2.75, 3.05) is 18.5 Å². The van der Waals surface area contributed by atoms with Gasteiger partial charge in [0.1, 0.15) is 11.9 Å². The van der Waals surface area contributed by atoms with Crippen LogP contribution in [-0.2, 0) is 4.79 Å². The zero-order chi connectivity index (χ0) is 12.4. The molecular weight excluding hydrogens is 223 g/mol. The number of carbonyl (C=O) groups is 1. The summed E-state index contributed by atoms with van der Waals surface area (Å²) in [5, 5.41) is 12.6. The topological polar surface area (TPSA) is 52.6 Å². The number of halogens is 1. The lowest BCUT2D eigenvalue weighted by molar-refractivity contribution is -0.121. The third kappa shape index (κ3) is 2.45. The molecule has 5 heteroatoms.